The number of amides is 2. The molecule has 124 valence electrons. The fourth-order valence-electron chi connectivity index (χ4n) is 2.06. The molecule has 0 aliphatic rings. The van der Waals surface area contributed by atoms with Gasteiger partial charge in [0.15, 0.2) is 0 Å². The molecule has 23 heavy (non-hydrogen) atoms. The number of hydrogen-bond donors (Lipinski definition) is 2. The number of anilines is 1. The molecule has 0 radical (unpaired) electrons. The summed E-state index contributed by atoms with van der Waals surface area (Å²) < 4.78 is 10.6. The van der Waals surface area contributed by atoms with Gasteiger partial charge in [-0.25, -0.2) is 4.79 Å². The van der Waals surface area contributed by atoms with Crippen molar-refractivity contribution >= 4 is 34.7 Å². The molecule has 5 nitrogen and oxygen atoms in total. The summed E-state index contributed by atoms with van der Waals surface area (Å²) in [5.74, 6) is 0.543. The van der Waals surface area contributed by atoms with Crippen molar-refractivity contribution in [3.05, 3.63) is 45.1 Å². The van der Waals surface area contributed by atoms with E-state index in [0.717, 1.165) is 4.88 Å². The van der Waals surface area contributed by atoms with E-state index in [1.54, 1.807) is 36.6 Å². The number of rotatable bonds is 6. The zero-order valence-electron chi connectivity index (χ0n) is 13.2. The summed E-state index contributed by atoms with van der Waals surface area (Å²) in [4.78, 5) is 14.4. The van der Waals surface area contributed by atoms with E-state index in [2.05, 4.69) is 10.6 Å². The molecule has 0 aliphatic heterocycles. The van der Waals surface area contributed by atoms with E-state index >= 15 is 0 Å². The summed E-state index contributed by atoms with van der Waals surface area (Å²) in [6.07, 6.45) is -0.180. The second-order valence-electron chi connectivity index (χ2n) is 4.85. The number of halogens is 1. The van der Waals surface area contributed by atoms with Gasteiger partial charge in [-0.3, -0.25) is 0 Å². The molecule has 0 spiro atoms. The average Bonchev–Trinajstić information content (AvgIpc) is 2.94. The minimum Gasteiger partial charge on any atom is -0.495 e. The molecule has 1 heterocycles. The van der Waals surface area contributed by atoms with E-state index in [9.17, 15) is 4.79 Å². The van der Waals surface area contributed by atoms with Crippen LogP contribution in [0.25, 0.3) is 0 Å². The second kappa shape index (κ2) is 8.19. The quantitative estimate of drug-likeness (QED) is 0.816. The first kappa shape index (κ1) is 17.6. The lowest BCUT2D eigenvalue weighted by molar-refractivity contribution is 0.107. The standard InChI is InChI=1S/C16H19ClN2O3S/c1-10-4-7-15(23-10)14(22-3)9-18-16(20)19-12-8-11(17)5-6-13(12)21-2/h4-8,14H,9H2,1-3H3,(H2,18,19,20)/t14-/m1/s1. The largest absolute Gasteiger partial charge is 0.495 e. The first-order chi connectivity index (χ1) is 11.0. The number of ether oxygens (including phenoxy) is 2. The van der Waals surface area contributed by atoms with Crippen LogP contribution in [0.15, 0.2) is 30.3 Å². The molecule has 0 aliphatic carbocycles. The van der Waals surface area contributed by atoms with Crippen LogP contribution in [0.3, 0.4) is 0 Å². The van der Waals surface area contributed by atoms with Crippen LogP contribution >= 0.6 is 22.9 Å². The lowest BCUT2D eigenvalue weighted by Crippen LogP contribution is -2.32. The smallest absolute Gasteiger partial charge is 0.319 e. The highest BCUT2D eigenvalue weighted by Gasteiger charge is 2.15. The number of benzene rings is 1. The first-order valence-electron chi connectivity index (χ1n) is 7.01. The molecule has 0 bridgehead atoms. The Bertz CT molecular complexity index is 675. The van der Waals surface area contributed by atoms with E-state index in [4.69, 9.17) is 21.1 Å². The van der Waals surface area contributed by atoms with Crippen molar-refractivity contribution in [2.45, 2.75) is 13.0 Å². The molecule has 2 N–H and O–H groups in total. The third-order valence-corrected chi connectivity index (χ3v) is 4.55. The molecule has 1 atom stereocenters. The Labute approximate surface area is 144 Å². The van der Waals surface area contributed by atoms with E-state index in [1.165, 1.54) is 12.0 Å². The number of thiophene rings is 1. The molecule has 0 saturated heterocycles. The van der Waals surface area contributed by atoms with E-state index in [1.807, 2.05) is 19.1 Å². The van der Waals surface area contributed by atoms with Crippen LogP contribution in [0, 0.1) is 6.92 Å². The Morgan fingerprint density at radius 2 is 2.09 bits per heavy atom. The highest BCUT2D eigenvalue weighted by molar-refractivity contribution is 7.12. The van der Waals surface area contributed by atoms with Crippen LogP contribution < -0.4 is 15.4 Å². The van der Waals surface area contributed by atoms with Crippen molar-refractivity contribution in [1.82, 2.24) is 5.32 Å². The van der Waals surface area contributed by atoms with E-state index in [0.29, 0.717) is 23.0 Å². The first-order valence-corrected chi connectivity index (χ1v) is 8.20. The van der Waals surface area contributed by atoms with Gasteiger partial charge in [0.1, 0.15) is 11.9 Å². The molecule has 1 aromatic heterocycles. The van der Waals surface area contributed by atoms with Gasteiger partial charge in [0, 0.05) is 21.9 Å². The fourth-order valence-corrected chi connectivity index (χ4v) is 3.18. The maximum atomic E-state index is 12.1. The van der Waals surface area contributed by atoms with Gasteiger partial charge < -0.3 is 20.1 Å². The van der Waals surface area contributed by atoms with Crippen molar-refractivity contribution in [2.75, 3.05) is 26.1 Å². The topological polar surface area (TPSA) is 59.6 Å². The summed E-state index contributed by atoms with van der Waals surface area (Å²) in [7, 11) is 3.16. The lowest BCUT2D eigenvalue weighted by atomic mass is 10.3. The lowest BCUT2D eigenvalue weighted by Gasteiger charge is -2.16. The van der Waals surface area contributed by atoms with Crippen molar-refractivity contribution in [2.24, 2.45) is 0 Å². The second-order valence-corrected chi connectivity index (χ2v) is 6.61. The SMILES string of the molecule is COc1ccc(Cl)cc1NC(=O)NC[C@@H](OC)c1ccc(C)s1. The van der Waals surface area contributed by atoms with Crippen LogP contribution in [-0.4, -0.2) is 26.8 Å². The molecular weight excluding hydrogens is 336 g/mol. The molecule has 2 rings (SSSR count). The Morgan fingerprint density at radius 3 is 2.70 bits per heavy atom. The van der Waals surface area contributed by atoms with Crippen molar-refractivity contribution in [3.63, 3.8) is 0 Å². The Kier molecular flexibility index (Phi) is 6.27. The van der Waals surface area contributed by atoms with E-state index in [-0.39, 0.29) is 12.1 Å². The Balaban J connectivity index is 1.95. The number of carbonyl (C=O) groups excluding carboxylic acids is 1. The predicted molar refractivity (Wildman–Crippen MR) is 93.8 cm³/mol. The summed E-state index contributed by atoms with van der Waals surface area (Å²) in [5, 5.41) is 6.04. The molecule has 1 aromatic carbocycles. The molecule has 0 fully saturated rings. The van der Waals surface area contributed by atoms with Gasteiger partial charge in [0.05, 0.1) is 19.3 Å². The summed E-state index contributed by atoms with van der Waals surface area (Å²) in [6, 6.07) is 8.72. The van der Waals surface area contributed by atoms with Crippen molar-refractivity contribution in [1.29, 1.82) is 0 Å². The zero-order chi connectivity index (χ0) is 16.8. The third kappa shape index (κ3) is 4.86. The maximum Gasteiger partial charge on any atom is 0.319 e. The fraction of sp³-hybridized carbons (Fsp3) is 0.312. The van der Waals surface area contributed by atoms with Crippen LogP contribution in [0.4, 0.5) is 10.5 Å². The minimum absolute atomic E-state index is 0.180. The van der Waals surface area contributed by atoms with Gasteiger partial charge >= 0.3 is 6.03 Å². The maximum absolute atomic E-state index is 12.1. The van der Waals surface area contributed by atoms with Crippen LogP contribution in [0.1, 0.15) is 15.9 Å². The highest BCUT2D eigenvalue weighted by atomic mass is 35.5. The van der Waals surface area contributed by atoms with Gasteiger partial charge in [-0.2, -0.15) is 0 Å². The van der Waals surface area contributed by atoms with Crippen molar-refractivity contribution < 1.29 is 14.3 Å². The van der Waals surface area contributed by atoms with Crippen molar-refractivity contribution in [3.8, 4) is 5.75 Å². The zero-order valence-corrected chi connectivity index (χ0v) is 14.8. The number of methoxy groups -OCH3 is 2. The number of hydrogen-bond acceptors (Lipinski definition) is 4. The molecular formula is C16H19ClN2O3S. The molecule has 2 amide bonds. The van der Waals surface area contributed by atoms with Gasteiger partial charge in [-0.05, 0) is 37.3 Å². The van der Waals surface area contributed by atoms with Crippen LogP contribution in [0.2, 0.25) is 5.02 Å². The molecule has 2 aromatic rings. The van der Waals surface area contributed by atoms with Crippen LogP contribution in [-0.2, 0) is 4.74 Å². The van der Waals surface area contributed by atoms with Crippen LogP contribution in [0.5, 0.6) is 5.75 Å². The number of aryl methyl sites for hydroxylation is 1. The monoisotopic (exact) mass is 354 g/mol. The summed E-state index contributed by atoms with van der Waals surface area (Å²) >= 11 is 7.59. The third-order valence-electron chi connectivity index (χ3n) is 3.22. The van der Waals surface area contributed by atoms with E-state index < -0.39 is 0 Å². The summed E-state index contributed by atoms with van der Waals surface area (Å²) in [5.41, 5.74) is 0.512. The average molecular weight is 355 g/mol. The number of nitrogens with one attached hydrogen (secondary N) is 2. The number of carbonyl (C=O) groups is 1. The molecule has 0 saturated carbocycles. The minimum atomic E-state index is -0.346. The molecule has 7 heteroatoms. The highest BCUT2D eigenvalue weighted by Crippen LogP contribution is 2.28. The van der Waals surface area contributed by atoms with Gasteiger partial charge in [0.25, 0.3) is 0 Å². The Hall–Kier alpha value is -1.76. The number of urea groups is 1. The van der Waals surface area contributed by atoms with Gasteiger partial charge in [0.2, 0.25) is 0 Å². The molecule has 0 unspecified atom stereocenters. The normalized spacial score (nSPS) is 11.8. The predicted octanol–water partition coefficient (Wildman–Crippen LogP) is 4.23. The summed E-state index contributed by atoms with van der Waals surface area (Å²) in [6.45, 7) is 2.40. The van der Waals surface area contributed by atoms with Gasteiger partial charge in [-0.15, -0.1) is 11.3 Å². The van der Waals surface area contributed by atoms with Gasteiger partial charge in [-0.1, -0.05) is 11.6 Å². The Morgan fingerprint density at radius 1 is 1.30 bits per heavy atom.